The van der Waals surface area contributed by atoms with Crippen LogP contribution in [-0.4, -0.2) is 182 Å². The lowest BCUT2D eigenvalue weighted by Crippen LogP contribution is -2.60. The standard InChI is InChI=1S/C85H97Cl2N7O24/c1-5-41(20-38(2)3)80(108)93-72-60(99)29-48(32-68(102)90-85(112)89-49-9-11-51(12-10-49)114-19-18-113-17-16-88-4)81(109)91-70-47-30-65(115-63-14-7-43(74(72)103)27-56(63)86)79(118-84-78(107)77(106)76(105)67(37-95)117-84)66(31-47)116-64-15-8-44(28-57(64)87)75(104)73-83(111)92-71(62(101)35-52-45-22-39-21-40(24-45)25-46(52)23-39)55-33-50(96)34-59(98)69(55)54-26-42(6-13-58(54)97)53(36-61(70)100)82(110)94-73/h6-15,26-28,30-31,33-34,38-41,45-46,48,52-53,67,70-78,84,88,95-98,103-107H,5,16-25,29,32,35-37H2,1-4H3,(H,91,109)(H,92,111)(H,93,108)(H,94,110)(H2,89,90,102,112)/t39?,40?,41-,45?,46?,48+,52?,53-,67-,70-,71+,72+,73+,74-,75-,76-,77+,78-,84+/m1/s1. The van der Waals surface area contributed by atoms with E-state index in [0.29, 0.717) is 37.2 Å². The van der Waals surface area contributed by atoms with Crippen LogP contribution < -0.4 is 56.2 Å². The van der Waals surface area contributed by atoms with Crippen LogP contribution >= 0.6 is 23.2 Å². The van der Waals surface area contributed by atoms with E-state index >= 15 is 28.8 Å². The largest absolute Gasteiger partial charge is 0.508 e. The van der Waals surface area contributed by atoms with E-state index in [9.17, 15) is 60.3 Å². The molecule has 14 atom stereocenters. The molecule has 7 amide bonds. The quantitative estimate of drug-likeness (QED) is 0.0307. The number of benzene rings is 6. The number of aliphatic hydroxyl groups is 6. The number of carbonyl (C=O) groups excluding carboxylic acids is 9. The van der Waals surface area contributed by atoms with Crippen molar-refractivity contribution in [2.75, 3.05) is 45.3 Å². The van der Waals surface area contributed by atoms with Gasteiger partial charge in [0.2, 0.25) is 41.6 Å². The Morgan fingerprint density at radius 1 is 0.644 bits per heavy atom. The molecule has 5 fully saturated rings. The first kappa shape index (κ1) is 85.8. The summed E-state index contributed by atoms with van der Waals surface area (Å²) in [5, 5.41) is 123. The van der Waals surface area contributed by atoms with Crippen LogP contribution in [0.5, 0.6) is 51.7 Å². The minimum atomic E-state index is -2.23. The smallest absolute Gasteiger partial charge is 0.325 e. The second kappa shape index (κ2) is 37.1. The first-order valence-electron chi connectivity index (χ1n) is 39.6. The molecule has 6 aromatic rings. The summed E-state index contributed by atoms with van der Waals surface area (Å²) in [7, 11) is 1.79. The minimum absolute atomic E-state index is 0.0455. The Morgan fingerprint density at radius 3 is 1.92 bits per heavy atom. The highest BCUT2D eigenvalue weighted by Crippen LogP contribution is 2.58. The number of carbonyl (C=O) groups is 9. The van der Waals surface area contributed by atoms with Gasteiger partial charge in [0, 0.05) is 61.0 Å². The molecular formula is C85H97Cl2N7O24. The average molecular weight is 1670 g/mol. The van der Waals surface area contributed by atoms with Crippen molar-refractivity contribution in [3.8, 4) is 62.9 Å². The molecule has 630 valence electrons. The summed E-state index contributed by atoms with van der Waals surface area (Å²) in [4.78, 5) is 138. The van der Waals surface area contributed by atoms with Crippen LogP contribution in [0.1, 0.15) is 149 Å². The average Bonchev–Trinajstić information content (AvgIpc) is 0.770. The Morgan fingerprint density at radius 2 is 1.30 bits per heavy atom. The van der Waals surface area contributed by atoms with Gasteiger partial charge in [-0.2, -0.15) is 0 Å². The molecule has 0 radical (unpaired) electrons. The molecule has 16 rings (SSSR count). The van der Waals surface area contributed by atoms with E-state index < -0.39 is 198 Å². The second-order valence-corrected chi connectivity index (χ2v) is 32.9. The number of phenolic OH excluding ortho intramolecular Hbond substituents is 3. The number of hydrogen-bond acceptors (Lipinski definition) is 25. The van der Waals surface area contributed by atoms with Gasteiger partial charge in [0.1, 0.15) is 102 Å². The molecule has 16 N–H and O–H groups in total. The molecule has 0 spiro atoms. The molecule has 31 nitrogen and oxygen atoms in total. The number of hydrogen-bond donors (Lipinski definition) is 16. The Balaban J connectivity index is 0.967. The number of amides is 7. The van der Waals surface area contributed by atoms with Gasteiger partial charge in [-0.3, -0.25) is 43.7 Å². The van der Waals surface area contributed by atoms with E-state index in [4.69, 9.17) is 51.6 Å². The van der Waals surface area contributed by atoms with Gasteiger partial charge >= 0.3 is 6.03 Å². The molecule has 6 aromatic carbocycles. The van der Waals surface area contributed by atoms with E-state index in [0.717, 1.165) is 68.5 Å². The fourth-order valence-corrected chi connectivity index (χ4v) is 18.2. The Labute approximate surface area is 688 Å². The molecule has 4 saturated carbocycles. The van der Waals surface area contributed by atoms with Crippen molar-refractivity contribution in [3.05, 3.63) is 141 Å². The van der Waals surface area contributed by atoms with E-state index in [-0.39, 0.29) is 116 Å². The number of aliphatic hydroxyl groups excluding tert-OH is 6. The lowest BCUT2D eigenvalue weighted by Gasteiger charge is -2.54. The highest BCUT2D eigenvalue weighted by molar-refractivity contribution is 6.32. The molecule has 0 aromatic heterocycles. The summed E-state index contributed by atoms with van der Waals surface area (Å²) in [6.07, 6.45) is -12.0. The van der Waals surface area contributed by atoms with Crippen molar-refractivity contribution >= 4 is 81.8 Å². The summed E-state index contributed by atoms with van der Waals surface area (Å²) in [5.41, 5.74) is -1.47. The van der Waals surface area contributed by atoms with Crippen LogP contribution in [0.2, 0.25) is 10.0 Å². The van der Waals surface area contributed by atoms with Gasteiger partial charge in [0.25, 0.3) is 0 Å². The minimum Gasteiger partial charge on any atom is -0.508 e. The number of phenols is 3. The second-order valence-electron chi connectivity index (χ2n) is 32.1. The van der Waals surface area contributed by atoms with Gasteiger partial charge in [0.05, 0.1) is 41.7 Å². The zero-order chi connectivity index (χ0) is 84.2. The third-order valence-electron chi connectivity index (χ3n) is 23.5. The fraction of sp³-hybridized carbons (Fsp3) is 0.471. The van der Waals surface area contributed by atoms with Gasteiger partial charge in [-0.05, 0) is 194 Å². The van der Waals surface area contributed by atoms with Crippen LogP contribution in [0.3, 0.4) is 0 Å². The number of ether oxygens (including phenoxy) is 6. The summed E-state index contributed by atoms with van der Waals surface area (Å²) in [6, 6.07) is 11.9. The Kier molecular flexibility index (Phi) is 27.0. The predicted octanol–water partition coefficient (Wildman–Crippen LogP) is 7.71. The van der Waals surface area contributed by atoms with Gasteiger partial charge < -0.3 is 106 Å². The summed E-state index contributed by atoms with van der Waals surface area (Å²) in [5.74, 6) is -15.8. The van der Waals surface area contributed by atoms with E-state index in [1.807, 2.05) is 13.8 Å². The van der Waals surface area contributed by atoms with Gasteiger partial charge in [-0.1, -0.05) is 62.2 Å². The third-order valence-corrected chi connectivity index (χ3v) is 24.1. The highest BCUT2D eigenvalue weighted by atomic mass is 35.5. The maximum atomic E-state index is 16.6. The topological polar surface area (TPSA) is 475 Å². The van der Waals surface area contributed by atoms with Gasteiger partial charge in [0.15, 0.2) is 28.8 Å². The lowest BCUT2D eigenvalue weighted by atomic mass is 9.51. The molecule has 10 aliphatic rings. The van der Waals surface area contributed by atoms with E-state index in [1.165, 1.54) is 66.7 Å². The highest BCUT2D eigenvalue weighted by Gasteiger charge is 2.51. The van der Waals surface area contributed by atoms with Crippen molar-refractivity contribution < 1.29 is 118 Å². The first-order valence-corrected chi connectivity index (χ1v) is 40.4. The van der Waals surface area contributed by atoms with Crippen molar-refractivity contribution in [1.82, 2.24) is 31.9 Å². The molecule has 4 aliphatic carbocycles. The van der Waals surface area contributed by atoms with Crippen LogP contribution in [0, 0.1) is 47.3 Å². The zero-order valence-electron chi connectivity index (χ0n) is 65.1. The van der Waals surface area contributed by atoms with E-state index in [1.54, 1.807) is 14.0 Å². The number of rotatable bonds is 21. The fourth-order valence-electron chi connectivity index (χ4n) is 17.7. The van der Waals surface area contributed by atoms with Crippen molar-refractivity contribution in [2.45, 2.75) is 164 Å². The lowest BCUT2D eigenvalue weighted by molar-refractivity contribution is -0.277. The number of urea groups is 1. The first-order chi connectivity index (χ1) is 56.4. The van der Waals surface area contributed by atoms with Crippen LogP contribution in [0.25, 0.3) is 11.1 Å². The SMILES string of the molecule is CC[C@H](CC(C)C)C(=O)N[C@H]1C(=O)C[C@@H](CC(=O)NC(=O)Nc2ccc(OCCOCCNC)cc2)C(=O)N[C@H]2C(=O)C[C@H]3C(=O)N[C@H](C(=O)N[C@H](C(=O)CC4C5CC6CC(C5)CC4C6)c4cc(O)cc(O)c4-c4cc3ccc4O)[C@H](O)c3ccc(c(Cl)c3)Oc3cc2cc(c3O[C@@H]2O[C@H](CO)[C@@H](O)[C@H](O)[C@H]2O)Oc2ccc(cc2Cl)[C@H]1O. The number of aromatic hydroxyl groups is 3. The number of likely N-dealkylation sites (N-methyl/N-ethyl adjacent to an activating group) is 1. The number of fused-ring (bicyclic) bond motifs is 15. The number of halogens is 2. The summed E-state index contributed by atoms with van der Waals surface area (Å²) >= 11 is 14.3. The molecular weight excluding hydrogens is 1570 g/mol. The third kappa shape index (κ3) is 19.1. The number of anilines is 1. The normalized spacial score (nSPS) is 27.6. The molecule has 6 aliphatic heterocycles. The predicted molar refractivity (Wildman–Crippen MR) is 424 cm³/mol. The molecule has 118 heavy (non-hydrogen) atoms. The molecule has 6 heterocycles. The van der Waals surface area contributed by atoms with E-state index in [2.05, 4.69) is 37.2 Å². The summed E-state index contributed by atoms with van der Waals surface area (Å²) in [6.45, 7) is 6.10. The Hall–Kier alpha value is -10.0. The maximum Gasteiger partial charge on any atom is 0.325 e. The Bertz CT molecular complexity index is 4770. The van der Waals surface area contributed by atoms with Gasteiger partial charge in [-0.15, -0.1) is 0 Å². The zero-order valence-corrected chi connectivity index (χ0v) is 66.6. The number of imide groups is 1. The van der Waals surface area contributed by atoms with Crippen molar-refractivity contribution in [1.29, 1.82) is 0 Å². The van der Waals surface area contributed by atoms with Crippen LogP contribution in [-0.2, 0) is 47.8 Å². The molecule has 0 unspecified atom stereocenters. The summed E-state index contributed by atoms with van der Waals surface area (Å²) < 4.78 is 36.8. The number of ketones is 3. The monoisotopic (exact) mass is 1670 g/mol. The van der Waals surface area contributed by atoms with Crippen molar-refractivity contribution in [3.63, 3.8) is 0 Å². The maximum absolute atomic E-state index is 16.6. The number of Topliss-reactive ketones (excluding diaryl/α,β-unsaturated/α-hetero) is 3. The molecule has 15 bridgehead atoms. The van der Waals surface area contributed by atoms with Gasteiger partial charge in [-0.25, -0.2) is 4.79 Å². The molecule has 1 saturated heterocycles. The number of nitrogens with one attached hydrogen (secondary N) is 7. The van der Waals surface area contributed by atoms with Crippen LogP contribution in [0.15, 0.2) is 103 Å². The molecule has 33 heteroatoms. The van der Waals surface area contributed by atoms with Crippen molar-refractivity contribution in [2.24, 2.45) is 47.3 Å². The van der Waals surface area contributed by atoms with Crippen LogP contribution in [0.4, 0.5) is 10.5 Å².